The Hall–Kier alpha value is -0.860. The maximum absolute atomic E-state index is 11.0. The molecular weight excluding hydrogens is 222 g/mol. The molecule has 2 nitrogen and oxygen atoms in total. The molecule has 0 radical (unpaired) electrons. The van der Waals surface area contributed by atoms with E-state index < -0.39 is 5.60 Å². The molecule has 0 spiro atoms. The van der Waals surface area contributed by atoms with Crippen molar-refractivity contribution in [2.75, 3.05) is 19.6 Å². The van der Waals surface area contributed by atoms with Crippen molar-refractivity contribution in [3.05, 3.63) is 34.9 Å². The van der Waals surface area contributed by atoms with E-state index in [4.69, 9.17) is 0 Å². The lowest BCUT2D eigenvalue weighted by Crippen LogP contribution is -2.47. The van der Waals surface area contributed by atoms with Gasteiger partial charge in [-0.05, 0) is 44.4 Å². The van der Waals surface area contributed by atoms with E-state index in [0.29, 0.717) is 5.92 Å². The van der Waals surface area contributed by atoms with Gasteiger partial charge in [-0.3, -0.25) is 0 Å². The molecule has 0 amide bonds. The Kier molecular flexibility index (Phi) is 2.95. The summed E-state index contributed by atoms with van der Waals surface area (Å²) in [7, 11) is 0. The summed E-state index contributed by atoms with van der Waals surface area (Å²) in [6.45, 7) is 7.63. The fourth-order valence-corrected chi connectivity index (χ4v) is 3.58. The Bertz CT molecular complexity index is 456. The van der Waals surface area contributed by atoms with E-state index in [0.717, 1.165) is 25.9 Å². The summed E-state index contributed by atoms with van der Waals surface area (Å²) >= 11 is 0. The van der Waals surface area contributed by atoms with Crippen molar-refractivity contribution in [3.63, 3.8) is 0 Å². The number of fused-ring (bicyclic) bond motifs is 2. The summed E-state index contributed by atoms with van der Waals surface area (Å²) in [5, 5.41) is 11.0. The monoisotopic (exact) mass is 245 g/mol. The van der Waals surface area contributed by atoms with Gasteiger partial charge in [-0.1, -0.05) is 23.8 Å². The van der Waals surface area contributed by atoms with Crippen molar-refractivity contribution in [1.29, 1.82) is 0 Å². The zero-order chi connectivity index (χ0) is 12.8. The van der Waals surface area contributed by atoms with Crippen LogP contribution in [0.1, 0.15) is 29.5 Å². The van der Waals surface area contributed by atoms with E-state index >= 15 is 0 Å². The molecule has 2 aliphatic rings. The van der Waals surface area contributed by atoms with E-state index in [1.807, 2.05) is 0 Å². The van der Waals surface area contributed by atoms with Crippen LogP contribution in [0, 0.1) is 19.8 Å². The highest BCUT2D eigenvalue weighted by atomic mass is 16.3. The van der Waals surface area contributed by atoms with Crippen LogP contribution in [0.5, 0.6) is 0 Å². The number of aryl methyl sites for hydroxylation is 2. The topological polar surface area (TPSA) is 23.5 Å². The lowest BCUT2D eigenvalue weighted by Gasteiger charge is -2.39. The van der Waals surface area contributed by atoms with Crippen LogP contribution in [0.3, 0.4) is 0 Å². The Balaban J connectivity index is 1.84. The number of nitrogens with zero attached hydrogens (tertiary/aromatic N) is 1. The maximum atomic E-state index is 11.0. The molecule has 2 heteroatoms. The molecule has 98 valence electrons. The largest absolute Gasteiger partial charge is 0.389 e. The van der Waals surface area contributed by atoms with E-state index in [1.165, 1.54) is 29.7 Å². The van der Waals surface area contributed by atoms with Crippen molar-refractivity contribution in [1.82, 2.24) is 4.90 Å². The molecule has 3 unspecified atom stereocenters. The molecule has 0 saturated carbocycles. The van der Waals surface area contributed by atoms with Crippen molar-refractivity contribution in [2.24, 2.45) is 5.92 Å². The van der Waals surface area contributed by atoms with E-state index in [9.17, 15) is 5.11 Å². The fraction of sp³-hybridized carbons (Fsp3) is 0.625. The van der Waals surface area contributed by atoms with Gasteiger partial charge in [0.25, 0.3) is 0 Å². The molecule has 0 aromatic heterocycles. The summed E-state index contributed by atoms with van der Waals surface area (Å²) in [6, 6.07) is 6.58. The standard InChI is InChI=1S/C16H23NO/c1-12-3-4-13(2)14(9-12)10-16(18)6-8-17-7-5-15(16)11-17/h3-4,9,15,18H,5-8,10-11H2,1-2H3. The predicted molar refractivity (Wildman–Crippen MR) is 73.7 cm³/mol. The quantitative estimate of drug-likeness (QED) is 0.864. The van der Waals surface area contributed by atoms with Crippen LogP contribution in [0.15, 0.2) is 18.2 Å². The van der Waals surface area contributed by atoms with Crippen LogP contribution in [-0.4, -0.2) is 35.2 Å². The minimum Gasteiger partial charge on any atom is -0.389 e. The molecular formula is C16H23NO. The SMILES string of the molecule is Cc1ccc(C)c(CC2(O)CCN3CCC2C3)c1. The van der Waals surface area contributed by atoms with Gasteiger partial charge in [0.05, 0.1) is 5.60 Å². The highest BCUT2D eigenvalue weighted by molar-refractivity contribution is 5.32. The van der Waals surface area contributed by atoms with Gasteiger partial charge in [0.1, 0.15) is 0 Å². The van der Waals surface area contributed by atoms with Gasteiger partial charge >= 0.3 is 0 Å². The minimum atomic E-state index is -0.467. The number of piperidine rings is 1. The summed E-state index contributed by atoms with van der Waals surface area (Å²) in [5.41, 5.74) is 3.47. The molecule has 2 saturated heterocycles. The third kappa shape index (κ3) is 2.08. The molecule has 2 aliphatic heterocycles. The van der Waals surface area contributed by atoms with Crippen molar-refractivity contribution in [3.8, 4) is 0 Å². The summed E-state index contributed by atoms with van der Waals surface area (Å²) in [6.07, 6.45) is 2.94. The van der Waals surface area contributed by atoms with Crippen LogP contribution in [0.25, 0.3) is 0 Å². The lowest BCUT2D eigenvalue weighted by atomic mass is 9.77. The van der Waals surface area contributed by atoms with E-state index in [1.54, 1.807) is 0 Å². The van der Waals surface area contributed by atoms with Gasteiger partial charge in [-0.15, -0.1) is 0 Å². The zero-order valence-electron chi connectivity index (χ0n) is 11.4. The highest BCUT2D eigenvalue weighted by Gasteiger charge is 2.44. The predicted octanol–water partition coefficient (Wildman–Crippen LogP) is 2.30. The molecule has 1 aromatic rings. The Morgan fingerprint density at radius 1 is 1.33 bits per heavy atom. The average molecular weight is 245 g/mol. The van der Waals surface area contributed by atoms with Crippen molar-refractivity contribution >= 4 is 0 Å². The summed E-state index contributed by atoms with van der Waals surface area (Å²) in [4.78, 5) is 2.49. The molecule has 2 bridgehead atoms. The van der Waals surface area contributed by atoms with Crippen molar-refractivity contribution < 1.29 is 5.11 Å². The van der Waals surface area contributed by atoms with E-state index in [2.05, 4.69) is 36.9 Å². The Morgan fingerprint density at radius 3 is 3.00 bits per heavy atom. The number of hydrogen-bond donors (Lipinski definition) is 1. The molecule has 3 atom stereocenters. The third-order valence-electron chi connectivity index (χ3n) is 4.89. The van der Waals surface area contributed by atoms with Crippen LogP contribution in [-0.2, 0) is 6.42 Å². The summed E-state index contributed by atoms with van der Waals surface area (Å²) < 4.78 is 0. The first-order valence-corrected chi connectivity index (χ1v) is 7.08. The zero-order valence-corrected chi connectivity index (χ0v) is 11.4. The van der Waals surface area contributed by atoms with Gasteiger partial charge in [0.2, 0.25) is 0 Å². The minimum absolute atomic E-state index is 0.467. The second kappa shape index (κ2) is 4.36. The van der Waals surface area contributed by atoms with Gasteiger partial charge in [0.15, 0.2) is 0 Å². The highest BCUT2D eigenvalue weighted by Crippen LogP contribution is 2.38. The third-order valence-corrected chi connectivity index (χ3v) is 4.89. The molecule has 1 aromatic carbocycles. The van der Waals surface area contributed by atoms with Crippen molar-refractivity contribution in [2.45, 2.75) is 38.7 Å². The number of rotatable bonds is 2. The van der Waals surface area contributed by atoms with Gasteiger partial charge in [-0.2, -0.15) is 0 Å². The van der Waals surface area contributed by atoms with Crippen LogP contribution >= 0.6 is 0 Å². The van der Waals surface area contributed by atoms with Gasteiger partial charge < -0.3 is 10.0 Å². The molecule has 0 aliphatic carbocycles. The van der Waals surface area contributed by atoms with E-state index in [-0.39, 0.29) is 0 Å². The van der Waals surface area contributed by atoms with Crippen LogP contribution in [0.2, 0.25) is 0 Å². The average Bonchev–Trinajstić information content (AvgIpc) is 2.75. The molecule has 18 heavy (non-hydrogen) atoms. The molecule has 2 fully saturated rings. The second-order valence-corrected chi connectivity index (χ2v) is 6.25. The molecule has 1 N–H and O–H groups in total. The first kappa shape index (κ1) is 12.2. The summed E-state index contributed by atoms with van der Waals surface area (Å²) in [5.74, 6) is 0.478. The number of aliphatic hydroxyl groups is 1. The Morgan fingerprint density at radius 2 is 2.17 bits per heavy atom. The molecule has 3 rings (SSSR count). The number of benzene rings is 1. The lowest BCUT2D eigenvalue weighted by molar-refractivity contribution is -0.0440. The smallest absolute Gasteiger partial charge is 0.0740 e. The second-order valence-electron chi connectivity index (χ2n) is 6.25. The van der Waals surface area contributed by atoms with Gasteiger partial charge in [-0.25, -0.2) is 0 Å². The first-order chi connectivity index (χ1) is 8.57. The first-order valence-electron chi connectivity index (χ1n) is 7.08. The normalized spacial score (nSPS) is 34.8. The molecule has 2 heterocycles. The fourth-order valence-electron chi connectivity index (χ4n) is 3.58. The van der Waals surface area contributed by atoms with Gasteiger partial charge in [0, 0.05) is 25.4 Å². The Labute approximate surface area is 110 Å². The maximum Gasteiger partial charge on any atom is 0.0740 e. The van der Waals surface area contributed by atoms with Crippen LogP contribution < -0.4 is 0 Å². The number of hydrogen-bond acceptors (Lipinski definition) is 2. The van der Waals surface area contributed by atoms with Crippen LogP contribution in [0.4, 0.5) is 0 Å².